The van der Waals surface area contributed by atoms with Crippen LogP contribution in [-0.4, -0.2) is 44.2 Å². The van der Waals surface area contributed by atoms with Gasteiger partial charge in [-0.25, -0.2) is 0 Å². The lowest BCUT2D eigenvalue weighted by molar-refractivity contribution is -0.143. The van der Waals surface area contributed by atoms with Crippen LogP contribution in [0, 0.1) is 0 Å². The van der Waals surface area contributed by atoms with Crippen LogP contribution in [0.3, 0.4) is 0 Å². The van der Waals surface area contributed by atoms with E-state index in [1.807, 2.05) is 0 Å². The second kappa shape index (κ2) is 5.41. The standard InChI is InChI=1S/C6H8O6S/c7-4(8)1-3(6(11)12)13-2-5(9)10/h3H,1-2H2,(H,7,8)(H,9,10)(H,11,12). The molecule has 1 unspecified atom stereocenters. The summed E-state index contributed by atoms with van der Waals surface area (Å²) in [5.41, 5.74) is 0. The maximum absolute atomic E-state index is 10.4. The fourth-order valence-corrected chi connectivity index (χ4v) is 1.29. The molecule has 0 aliphatic carbocycles. The first-order valence-electron chi connectivity index (χ1n) is 3.21. The Kier molecular flexibility index (Phi) is 4.90. The van der Waals surface area contributed by atoms with Crippen molar-refractivity contribution in [3.05, 3.63) is 0 Å². The molecule has 0 aliphatic rings. The summed E-state index contributed by atoms with van der Waals surface area (Å²) < 4.78 is 0. The Morgan fingerprint density at radius 1 is 1.08 bits per heavy atom. The molecule has 0 saturated heterocycles. The maximum Gasteiger partial charge on any atom is 0.317 e. The minimum Gasteiger partial charge on any atom is -0.481 e. The second-order valence-electron chi connectivity index (χ2n) is 2.13. The van der Waals surface area contributed by atoms with Crippen molar-refractivity contribution in [1.29, 1.82) is 0 Å². The molecule has 0 fully saturated rings. The molecule has 0 aromatic heterocycles. The fourth-order valence-electron chi connectivity index (χ4n) is 0.548. The van der Waals surface area contributed by atoms with Gasteiger partial charge in [-0.15, -0.1) is 11.8 Å². The Bertz CT molecular complexity index is 225. The van der Waals surface area contributed by atoms with E-state index in [1.165, 1.54) is 0 Å². The molecular formula is C6H8O6S. The van der Waals surface area contributed by atoms with Crippen molar-refractivity contribution in [2.24, 2.45) is 0 Å². The van der Waals surface area contributed by atoms with Gasteiger partial charge in [-0.2, -0.15) is 0 Å². The molecule has 74 valence electrons. The lowest BCUT2D eigenvalue weighted by Crippen LogP contribution is -2.21. The monoisotopic (exact) mass is 208 g/mol. The third-order valence-electron chi connectivity index (χ3n) is 1.04. The van der Waals surface area contributed by atoms with Gasteiger partial charge in [0, 0.05) is 0 Å². The number of aliphatic carboxylic acids is 3. The SMILES string of the molecule is O=C(O)CSC(CC(=O)O)C(=O)O. The molecule has 1 atom stereocenters. The van der Waals surface area contributed by atoms with E-state index in [1.54, 1.807) is 0 Å². The highest BCUT2D eigenvalue weighted by Gasteiger charge is 2.22. The molecule has 0 amide bonds. The van der Waals surface area contributed by atoms with Gasteiger partial charge in [-0.05, 0) is 0 Å². The minimum absolute atomic E-state index is 0.412. The van der Waals surface area contributed by atoms with Crippen LogP contribution >= 0.6 is 11.8 Å². The van der Waals surface area contributed by atoms with E-state index in [2.05, 4.69) is 0 Å². The number of carbonyl (C=O) groups is 3. The lowest BCUT2D eigenvalue weighted by atomic mass is 10.3. The van der Waals surface area contributed by atoms with Crippen LogP contribution in [0.2, 0.25) is 0 Å². The Morgan fingerprint density at radius 2 is 1.62 bits per heavy atom. The summed E-state index contributed by atoms with van der Waals surface area (Å²) in [5, 5.41) is 23.7. The largest absolute Gasteiger partial charge is 0.481 e. The van der Waals surface area contributed by atoms with Gasteiger partial charge in [0.2, 0.25) is 0 Å². The third kappa shape index (κ3) is 5.97. The Morgan fingerprint density at radius 3 is 1.92 bits per heavy atom. The van der Waals surface area contributed by atoms with Crippen LogP contribution in [-0.2, 0) is 14.4 Å². The molecule has 0 saturated carbocycles. The van der Waals surface area contributed by atoms with E-state index in [-0.39, 0.29) is 0 Å². The van der Waals surface area contributed by atoms with Gasteiger partial charge in [0.05, 0.1) is 12.2 Å². The predicted octanol–water partition coefficient (Wildman–Crippen LogP) is -0.268. The first-order valence-corrected chi connectivity index (χ1v) is 4.26. The van der Waals surface area contributed by atoms with E-state index >= 15 is 0 Å². The molecule has 13 heavy (non-hydrogen) atoms. The summed E-state index contributed by atoms with van der Waals surface area (Å²) in [4.78, 5) is 30.6. The van der Waals surface area contributed by atoms with Crippen LogP contribution in [0.25, 0.3) is 0 Å². The quantitative estimate of drug-likeness (QED) is 0.550. The van der Waals surface area contributed by atoms with Crippen molar-refractivity contribution >= 4 is 29.7 Å². The molecular weight excluding hydrogens is 200 g/mol. The number of hydrogen-bond donors (Lipinski definition) is 3. The first-order chi connectivity index (χ1) is 5.93. The lowest BCUT2D eigenvalue weighted by Gasteiger charge is -2.06. The average molecular weight is 208 g/mol. The van der Waals surface area contributed by atoms with Crippen LogP contribution in [0.1, 0.15) is 6.42 Å². The molecule has 0 radical (unpaired) electrons. The van der Waals surface area contributed by atoms with Gasteiger partial charge in [0.1, 0.15) is 5.25 Å². The topological polar surface area (TPSA) is 112 Å². The van der Waals surface area contributed by atoms with Crippen molar-refractivity contribution in [3.63, 3.8) is 0 Å². The van der Waals surface area contributed by atoms with E-state index in [9.17, 15) is 14.4 Å². The molecule has 3 N–H and O–H groups in total. The summed E-state index contributed by atoms with van der Waals surface area (Å²) in [5.74, 6) is -4.15. The van der Waals surface area contributed by atoms with Crippen molar-refractivity contribution < 1.29 is 29.7 Å². The molecule has 0 heterocycles. The van der Waals surface area contributed by atoms with Crippen molar-refractivity contribution in [2.75, 3.05) is 5.75 Å². The second-order valence-corrected chi connectivity index (χ2v) is 3.32. The highest BCUT2D eigenvalue weighted by molar-refractivity contribution is 8.01. The van der Waals surface area contributed by atoms with Crippen LogP contribution < -0.4 is 0 Å². The molecule has 0 bridgehead atoms. The maximum atomic E-state index is 10.4. The predicted molar refractivity (Wildman–Crippen MR) is 43.8 cm³/mol. The van der Waals surface area contributed by atoms with E-state index < -0.39 is 35.3 Å². The van der Waals surface area contributed by atoms with E-state index in [4.69, 9.17) is 15.3 Å². The van der Waals surface area contributed by atoms with Crippen LogP contribution in [0.5, 0.6) is 0 Å². The number of rotatable bonds is 6. The number of hydrogen-bond acceptors (Lipinski definition) is 4. The van der Waals surface area contributed by atoms with Gasteiger partial charge >= 0.3 is 17.9 Å². The summed E-state index contributed by atoms with van der Waals surface area (Å²) >= 11 is 0.586. The van der Waals surface area contributed by atoms with E-state index in [0.29, 0.717) is 11.8 Å². The molecule has 7 heteroatoms. The Hall–Kier alpha value is -1.24. The van der Waals surface area contributed by atoms with Gasteiger partial charge < -0.3 is 15.3 Å². The van der Waals surface area contributed by atoms with Gasteiger partial charge in [0.15, 0.2) is 0 Å². The fraction of sp³-hybridized carbons (Fsp3) is 0.500. The Balaban J connectivity index is 4.02. The van der Waals surface area contributed by atoms with E-state index in [0.717, 1.165) is 0 Å². The Labute approximate surface area is 77.6 Å². The summed E-state index contributed by atoms with van der Waals surface area (Å²) in [6, 6.07) is 0. The van der Waals surface area contributed by atoms with Gasteiger partial charge in [-0.1, -0.05) is 0 Å². The highest BCUT2D eigenvalue weighted by atomic mass is 32.2. The zero-order chi connectivity index (χ0) is 10.4. The third-order valence-corrected chi connectivity index (χ3v) is 2.23. The molecule has 0 rings (SSSR count). The molecule has 0 spiro atoms. The van der Waals surface area contributed by atoms with Gasteiger partial charge in [-0.3, -0.25) is 14.4 Å². The molecule has 0 aromatic rings. The van der Waals surface area contributed by atoms with Crippen molar-refractivity contribution in [3.8, 4) is 0 Å². The minimum atomic E-state index is -1.31. The van der Waals surface area contributed by atoms with Crippen LogP contribution in [0.4, 0.5) is 0 Å². The first kappa shape index (κ1) is 11.8. The highest BCUT2D eigenvalue weighted by Crippen LogP contribution is 2.14. The van der Waals surface area contributed by atoms with Crippen molar-refractivity contribution in [2.45, 2.75) is 11.7 Å². The average Bonchev–Trinajstić information content (AvgIpc) is 1.96. The summed E-state index contributed by atoms with van der Waals surface area (Å²) in [6.07, 6.45) is -0.576. The zero-order valence-electron chi connectivity index (χ0n) is 6.47. The zero-order valence-corrected chi connectivity index (χ0v) is 7.28. The molecule has 6 nitrogen and oxygen atoms in total. The summed E-state index contributed by atoms with van der Waals surface area (Å²) in [6.45, 7) is 0. The number of carboxylic acid groups (broad SMARTS) is 3. The number of thioether (sulfide) groups is 1. The normalized spacial score (nSPS) is 12.0. The van der Waals surface area contributed by atoms with Gasteiger partial charge in [0.25, 0.3) is 0 Å². The smallest absolute Gasteiger partial charge is 0.317 e. The molecule has 0 aliphatic heterocycles. The number of carboxylic acids is 3. The van der Waals surface area contributed by atoms with Crippen LogP contribution in [0.15, 0.2) is 0 Å². The van der Waals surface area contributed by atoms with Crippen molar-refractivity contribution in [1.82, 2.24) is 0 Å². The summed E-state index contributed by atoms with van der Waals surface area (Å²) in [7, 11) is 0. The molecule has 0 aromatic carbocycles.